The van der Waals surface area contributed by atoms with Crippen LogP contribution in [0.3, 0.4) is 0 Å². The highest BCUT2D eigenvalue weighted by atomic mass is 32.2. The highest BCUT2D eigenvalue weighted by Crippen LogP contribution is 2.30. The number of carboxylic acid groups (broad SMARTS) is 1. The smallest absolute Gasteiger partial charge is 0.408 e. The van der Waals surface area contributed by atoms with Crippen molar-refractivity contribution in [2.75, 3.05) is 44.4 Å². The minimum absolute atomic E-state index is 0.0611. The van der Waals surface area contributed by atoms with Gasteiger partial charge in [0.2, 0.25) is 17.7 Å². The Bertz CT molecular complexity index is 1410. The standard InChI is InChI=1S/C34H52N4O17S/c1-18(41)38(32-28(48)27(47)30(22(16-40)53-32)55-33-29(49)26(46)25(45)21(15-39)54-33)11-5-12-56-13-10-35-23(42)9-8-20(31(50)36-14-24(43)44)37-34(51)52-17-19-6-3-2-4-7-19/h2-4,6-7,20-22,25-30,32-33,39-40,45-49H,5,8-17H2,1H3,(H,35,42)(H,36,50)(H,37,51)(H,43,44)/t20-,21+,22+,25-,26-,27+,28+,29+,30+,32+,33-/m0/s1. The van der Waals surface area contributed by atoms with Gasteiger partial charge in [0.05, 0.1) is 13.2 Å². The lowest BCUT2D eigenvalue weighted by atomic mass is 9.96. The molecule has 22 heteroatoms. The van der Waals surface area contributed by atoms with E-state index in [9.17, 15) is 59.7 Å². The number of aliphatic carboxylic acids is 1. The molecule has 21 nitrogen and oxygen atoms in total. The fourth-order valence-corrected chi connectivity index (χ4v) is 6.60. The lowest BCUT2D eigenvalue weighted by Gasteiger charge is -2.48. The third-order valence-electron chi connectivity index (χ3n) is 8.84. The SMILES string of the molecule is CC(=O)N(CCCSCCNC(=O)CC[C@H](NC(=O)OCc1ccccc1)C(=O)NCC(=O)O)[C@@H]1O[C@H](CO)[C@@H](O[C@@H]2O[C@H](CO)[C@H](O)[C@H](O)[C@H]2O)[C@H](O)[C@H]1O. The quantitative estimate of drug-likeness (QED) is 0.0526. The van der Waals surface area contributed by atoms with Crippen LogP contribution in [0.1, 0.15) is 31.7 Å². The first-order valence-corrected chi connectivity index (χ1v) is 19.0. The highest BCUT2D eigenvalue weighted by Gasteiger charge is 2.51. The van der Waals surface area contributed by atoms with Gasteiger partial charge in [-0.15, -0.1) is 0 Å². The number of nitrogens with zero attached hydrogens (tertiary/aromatic N) is 1. The Morgan fingerprint density at radius 3 is 2.21 bits per heavy atom. The summed E-state index contributed by atoms with van der Waals surface area (Å²) in [6.45, 7) is -0.743. The molecule has 0 aromatic heterocycles. The fraction of sp³-hybridized carbons (Fsp3) is 0.676. The summed E-state index contributed by atoms with van der Waals surface area (Å²) in [7, 11) is 0. The van der Waals surface area contributed by atoms with Gasteiger partial charge >= 0.3 is 12.1 Å². The van der Waals surface area contributed by atoms with Crippen LogP contribution in [0.25, 0.3) is 0 Å². The van der Waals surface area contributed by atoms with Gasteiger partial charge in [-0.1, -0.05) is 30.3 Å². The van der Waals surface area contributed by atoms with Gasteiger partial charge in [0.25, 0.3) is 0 Å². The van der Waals surface area contributed by atoms with Crippen molar-refractivity contribution in [2.45, 2.75) is 100 Å². The van der Waals surface area contributed by atoms with E-state index >= 15 is 0 Å². The second kappa shape index (κ2) is 23.5. The zero-order chi connectivity index (χ0) is 41.4. The van der Waals surface area contributed by atoms with E-state index in [4.69, 9.17) is 24.1 Å². The topological polar surface area (TPSA) is 323 Å². The fourth-order valence-electron chi connectivity index (χ4n) is 5.82. The van der Waals surface area contributed by atoms with Crippen LogP contribution in [0.5, 0.6) is 0 Å². The van der Waals surface area contributed by atoms with Gasteiger partial charge < -0.3 is 80.6 Å². The van der Waals surface area contributed by atoms with Crippen LogP contribution >= 0.6 is 11.8 Å². The Balaban J connectivity index is 1.42. The number of hydrogen-bond donors (Lipinski definition) is 11. The lowest BCUT2D eigenvalue weighted by Crippen LogP contribution is -2.67. The summed E-state index contributed by atoms with van der Waals surface area (Å²) >= 11 is 1.42. The average Bonchev–Trinajstić information content (AvgIpc) is 3.18. The third-order valence-corrected chi connectivity index (χ3v) is 9.91. The number of carbonyl (C=O) groups is 5. The molecule has 0 saturated carbocycles. The Labute approximate surface area is 326 Å². The summed E-state index contributed by atoms with van der Waals surface area (Å²) in [4.78, 5) is 62.0. The largest absolute Gasteiger partial charge is 0.480 e. The minimum Gasteiger partial charge on any atom is -0.480 e. The zero-order valence-electron chi connectivity index (χ0n) is 30.6. The molecule has 0 bridgehead atoms. The summed E-state index contributed by atoms with van der Waals surface area (Å²) in [5.74, 6) is -2.11. The third kappa shape index (κ3) is 14.1. The van der Waals surface area contributed by atoms with Gasteiger partial charge in [-0.05, 0) is 24.2 Å². The van der Waals surface area contributed by atoms with Crippen LogP contribution in [0, 0.1) is 0 Å². The predicted octanol–water partition coefficient (Wildman–Crippen LogP) is -4.03. The van der Waals surface area contributed by atoms with Gasteiger partial charge in [-0.25, -0.2) is 4.79 Å². The number of aliphatic hydroxyl groups is 7. The normalized spacial score (nSPS) is 28.1. The van der Waals surface area contributed by atoms with Gasteiger partial charge in [-0.3, -0.25) is 19.2 Å². The summed E-state index contributed by atoms with van der Waals surface area (Å²) in [5.41, 5.74) is 0.704. The number of alkyl carbamates (subject to hydrolysis) is 1. The van der Waals surface area contributed by atoms with Gasteiger partial charge in [-0.2, -0.15) is 11.8 Å². The van der Waals surface area contributed by atoms with Crippen molar-refractivity contribution in [1.29, 1.82) is 0 Å². The van der Waals surface area contributed by atoms with E-state index in [2.05, 4.69) is 16.0 Å². The van der Waals surface area contributed by atoms with E-state index in [1.165, 1.54) is 18.7 Å². The number of rotatable bonds is 21. The van der Waals surface area contributed by atoms with Crippen LogP contribution < -0.4 is 16.0 Å². The number of benzene rings is 1. The molecule has 2 aliphatic rings. The number of hydrogen-bond acceptors (Lipinski definition) is 17. The molecule has 0 radical (unpaired) electrons. The van der Waals surface area contributed by atoms with Crippen molar-refractivity contribution in [3.63, 3.8) is 0 Å². The van der Waals surface area contributed by atoms with E-state index in [0.717, 1.165) is 4.90 Å². The molecule has 11 N–H and O–H groups in total. The number of aliphatic hydroxyl groups excluding tert-OH is 7. The zero-order valence-corrected chi connectivity index (χ0v) is 31.4. The first kappa shape index (κ1) is 46.7. The molecule has 0 unspecified atom stereocenters. The summed E-state index contributed by atoms with van der Waals surface area (Å²) in [6.07, 6.45) is -17.0. The molecule has 0 spiro atoms. The predicted molar refractivity (Wildman–Crippen MR) is 192 cm³/mol. The number of carbonyl (C=O) groups excluding carboxylic acids is 4. The number of thioether (sulfide) groups is 1. The molecule has 11 atom stereocenters. The van der Waals surface area contributed by atoms with Gasteiger partial charge in [0.15, 0.2) is 12.5 Å². The number of amides is 4. The van der Waals surface area contributed by atoms with E-state index in [1.807, 2.05) is 0 Å². The van der Waals surface area contributed by atoms with Crippen LogP contribution in [-0.2, 0) is 44.7 Å². The number of nitrogens with one attached hydrogen (secondary N) is 3. The van der Waals surface area contributed by atoms with Crippen molar-refractivity contribution in [3.8, 4) is 0 Å². The molecule has 1 aromatic carbocycles. The molecular formula is C34H52N4O17S. The molecule has 3 rings (SSSR count). The highest BCUT2D eigenvalue weighted by molar-refractivity contribution is 7.99. The molecule has 2 aliphatic heterocycles. The molecule has 2 heterocycles. The van der Waals surface area contributed by atoms with Crippen LogP contribution in [0.15, 0.2) is 30.3 Å². The maximum absolute atomic E-state index is 12.6. The summed E-state index contributed by atoms with van der Waals surface area (Å²) in [6, 6.07) is 7.53. The molecule has 2 saturated heterocycles. The molecule has 316 valence electrons. The number of carboxylic acids is 1. The second-order valence-corrected chi connectivity index (χ2v) is 14.2. The average molecular weight is 821 g/mol. The Kier molecular flexibility index (Phi) is 19.6. The van der Waals surface area contributed by atoms with Crippen molar-refractivity contribution in [1.82, 2.24) is 20.9 Å². The molecule has 4 amide bonds. The Morgan fingerprint density at radius 1 is 0.875 bits per heavy atom. The Morgan fingerprint density at radius 2 is 1.57 bits per heavy atom. The van der Waals surface area contributed by atoms with Crippen molar-refractivity contribution >= 4 is 41.5 Å². The van der Waals surface area contributed by atoms with E-state index in [1.54, 1.807) is 30.3 Å². The van der Waals surface area contributed by atoms with Crippen LogP contribution in [0.2, 0.25) is 0 Å². The second-order valence-electron chi connectivity index (χ2n) is 13.0. The van der Waals surface area contributed by atoms with Gasteiger partial charge in [0.1, 0.15) is 68.0 Å². The van der Waals surface area contributed by atoms with E-state index < -0.39 is 117 Å². The number of ether oxygens (including phenoxy) is 4. The van der Waals surface area contributed by atoms with Crippen LogP contribution in [0.4, 0.5) is 4.79 Å². The van der Waals surface area contributed by atoms with Crippen LogP contribution in [-0.4, -0.2) is 187 Å². The molecule has 0 aliphatic carbocycles. The molecule has 2 fully saturated rings. The van der Waals surface area contributed by atoms with E-state index in [-0.39, 0.29) is 32.5 Å². The van der Waals surface area contributed by atoms with E-state index in [0.29, 0.717) is 23.5 Å². The molecule has 56 heavy (non-hydrogen) atoms. The van der Waals surface area contributed by atoms with Gasteiger partial charge in [0, 0.05) is 32.2 Å². The van der Waals surface area contributed by atoms with Crippen molar-refractivity contribution < 1.29 is 83.8 Å². The first-order valence-electron chi connectivity index (χ1n) is 17.8. The van der Waals surface area contributed by atoms with Crippen molar-refractivity contribution in [3.05, 3.63) is 35.9 Å². The first-order chi connectivity index (χ1) is 26.7. The minimum atomic E-state index is -1.82. The maximum Gasteiger partial charge on any atom is 0.408 e. The monoisotopic (exact) mass is 820 g/mol. The summed E-state index contributed by atoms with van der Waals surface area (Å²) in [5, 5.41) is 87.9. The molecular weight excluding hydrogens is 768 g/mol. The lowest BCUT2D eigenvalue weighted by molar-refractivity contribution is -0.347. The summed E-state index contributed by atoms with van der Waals surface area (Å²) < 4.78 is 21.8. The van der Waals surface area contributed by atoms with Crippen molar-refractivity contribution in [2.24, 2.45) is 0 Å². The maximum atomic E-state index is 12.6. The molecule has 1 aromatic rings. The Hall–Kier alpha value is -3.68.